The Bertz CT molecular complexity index is 879. The van der Waals surface area contributed by atoms with Gasteiger partial charge in [-0.15, -0.1) is 0 Å². The second-order valence-corrected chi connectivity index (χ2v) is 6.33. The highest BCUT2D eigenvalue weighted by atomic mass is 16.5. The molecule has 0 saturated carbocycles. The molecule has 25 heavy (non-hydrogen) atoms. The Kier molecular flexibility index (Phi) is 4.05. The molecule has 2 aromatic heterocycles. The molecular formula is C19H21N3O3. The number of furan rings is 1. The van der Waals surface area contributed by atoms with Gasteiger partial charge in [-0.25, -0.2) is 4.98 Å². The monoisotopic (exact) mass is 339 g/mol. The molecule has 1 aliphatic heterocycles. The number of benzene rings is 1. The summed E-state index contributed by atoms with van der Waals surface area (Å²) in [7, 11) is 1.70. The van der Waals surface area contributed by atoms with Gasteiger partial charge in [0.25, 0.3) is 5.91 Å². The topological polar surface area (TPSA) is 60.5 Å². The van der Waals surface area contributed by atoms with E-state index in [0.717, 1.165) is 35.5 Å². The highest BCUT2D eigenvalue weighted by Crippen LogP contribution is 2.28. The number of imidazole rings is 1. The molecule has 0 unspecified atom stereocenters. The average Bonchev–Trinajstić information content (AvgIpc) is 3.24. The third-order valence-corrected chi connectivity index (χ3v) is 4.83. The Morgan fingerprint density at radius 1 is 1.36 bits per heavy atom. The number of hydrogen-bond donors (Lipinski definition) is 0. The van der Waals surface area contributed by atoms with Gasteiger partial charge in [-0.05, 0) is 19.1 Å². The fourth-order valence-corrected chi connectivity index (χ4v) is 3.47. The molecule has 1 atom stereocenters. The van der Waals surface area contributed by atoms with Gasteiger partial charge >= 0.3 is 0 Å². The normalized spacial score (nSPS) is 17.0. The molecule has 1 aliphatic rings. The third-order valence-electron chi connectivity index (χ3n) is 4.83. The number of amides is 1. The van der Waals surface area contributed by atoms with Crippen molar-refractivity contribution in [3.63, 3.8) is 0 Å². The number of ether oxygens (including phenoxy) is 1. The molecule has 4 rings (SSSR count). The zero-order valence-corrected chi connectivity index (χ0v) is 14.4. The average molecular weight is 339 g/mol. The first kappa shape index (κ1) is 15.9. The molecular weight excluding hydrogens is 318 g/mol. The van der Waals surface area contributed by atoms with E-state index in [9.17, 15) is 4.79 Å². The number of nitrogens with zero attached hydrogens (tertiary/aromatic N) is 3. The van der Waals surface area contributed by atoms with Gasteiger partial charge in [0.2, 0.25) is 0 Å². The van der Waals surface area contributed by atoms with E-state index < -0.39 is 0 Å². The second-order valence-electron chi connectivity index (χ2n) is 6.33. The Morgan fingerprint density at radius 2 is 2.20 bits per heavy atom. The maximum absolute atomic E-state index is 12.9. The van der Waals surface area contributed by atoms with Gasteiger partial charge in [-0.1, -0.05) is 18.2 Å². The largest absolute Gasteiger partial charge is 0.451 e. The van der Waals surface area contributed by atoms with Gasteiger partial charge < -0.3 is 18.6 Å². The standard InChI is InChI=1S/C19H21N3O3/c1-13-18-20-12-15(7-10-24-2)22(18)9-8-21(13)19(23)17-11-14-5-3-4-6-16(14)25-17/h3-6,11-13H,7-10H2,1-2H3/t13-/m0/s1. The first-order chi connectivity index (χ1) is 12.2. The van der Waals surface area contributed by atoms with Crippen molar-refractivity contribution < 1.29 is 13.9 Å². The number of carbonyl (C=O) groups is 1. The third kappa shape index (κ3) is 2.72. The molecule has 0 radical (unpaired) electrons. The molecule has 130 valence electrons. The van der Waals surface area contributed by atoms with E-state index in [1.165, 1.54) is 0 Å². The smallest absolute Gasteiger partial charge is 0.290 e. The maximum atomic E-state index is 12.9. The molecule has 3 aromatic rings. The molecule has 1 amide bonds. The minimum absolute atomic E-state index is 0.0867. The van der Waals surface area contributed by atoms with Gasteiger partial charge in [0, 0.05) is 43.9 Å². The van der Waals surface area contributed by atoms with Crippen LogP contribution in [0.2, 0.25) is 0 Å². The summed E-state index contributed by atoms with van der Waals surface area (Å²) in [5.74, 6) is 1.21. The molecule has 6 heteroatoms. The van der Waals surface area contributed by atoms with Gasteiger partial charge in [-0.3, -0.25) is 4.79 Å². The molecule has 0 spiro atoms. The van der Waals surface area contributed by atoms with E-state index in [4.69, 9.17) is 9.15 Å². The highest BCUT2D eigenvalue weighted by molar-refractivity contribution is 5.96. The Balaban J connectivity index is 1.59. The van der Waals surface area contributed by atoms with E-state index >= 15 is 0 Å². The Hall–Kier alpha value is -2.60. The van der Waals surface area contributed by atoms with Gasteiger partial charge in [0.05, 0.1) is 12.6 Å². The number of fused-ring (bicyclic) bond motifs is 2. The van der Waals surface area contributed by atoms with Crippen LogP contribution in [0.1, 0.15) is 35.0 Å². The predicted molar refractivity (Wildman–Crippen MR) is 93.5 cm³/mol. The number of rotatable bonds is 4. The van der Waals surface area contributed by atoms with Crippen LogP contribution in [0.3, 0.4) is 0 Å². The van der Waals surface area contributed by atoms with Crippen molar-refractivity contribution in [3.8, 4) is 0 Å². The van der Waals surface area contributed by atoms with Crippen LogP contribution in [0.4, 0.5) is 0 Å². The summed E-state index contributed by atoms with van der Waals surface area (Å²) < 4.78 is 13.1. The molecule has 3 heterocycles. The van der Waals surface area contributed by atoms with Crippen LogP contribution in [-0.2, 0) is 17.7 Å². The SMILES string of the molecule is COCCc1cnc2n1CCN(C(=O)c1cc3ccccc3o1)[C@H]2C. The first-order valence-electron chi connectivity index (χ1n) is 8.52. The van der Waals surface area contributed by atoms with Crippen molar-refractivity contribution in [2.75, 3.05) is 20.3 Å². The number of para-hydroxylation sites is 1. The van der Waals surface area contributed by atoms with E-state index in [0.29, 0.717) is 18.9 Å². The van der Waals surface area contributed by atoms with Crippen molar-refractivity contribution >= 4 is 16.9 Å². The van der Waals surface area contributed by atoms with Gasteiger partial charge in [0.1, 0.15) is 11.4 Å². The fourth-order valence-electron chi connectivity index (χ4n) is 3.47. The molecule has 0 fully saturated rings. The van der Waals surface area contributed by atoms with Crippen molar-refractivity contribution in [3.05, 3.63) is 53.8 Å². The summed E-state index contributed by atoms with van der Waals surface area (Å²) in [5, 5.41) is 0.943. The van der Waals surface area contributed by atoms with Crippen LogP contribution in [0.25, 0.3) is 11.0 Å². The zero-order chi connectivity index (χ0) is 17.4. The van der Waals surface area contributed by atoms with Gasteiger partial charge in [-0.2, -0.15) is 0 Å². The molecule has 1 aromatic carbocycles. The van der Waals surface area contributed by atoms with Crippen LogP contribution >= 0.6 is 0 Å². The lowest BCUT2D eigenvalue weighted by molar-refractivity contribution is 0.0605. The van der Waals surface area contributed by atoms with Gasteiger partial charge in [0.15, 0.2) is 5.76 Å². The van der Waals surface area contributed by atoms with Crippen LogP contribution in [0.15, 0.2) is 40.9 Å². The van der Waals surface area contributed by atoms with E-state index in [2.05, 4.69) is 9.55 Å². The summed E-state index contributed by atoms with van der Waals surface area (Å²) >= 11 is 0. The summed E-state index contributed by atoms with van der Waals surface area (Å²) in [6.07, 6.45) is 2.72. The first-order valence-corrected chi connectivity index (χ1v) is 8.52. The van der Waals surface area contributed by atoms with Crippen LogP contribution in [0, 0.1) is 0 Å². The lowest BCUT2D eigenvalue weighted by atomic mass is 10.2. The summed E-state index contributed by atoms with van der Waals surface area (Å²) in [5.41, 5.74) is 1.89. The van der Waals surface area contributed by atoms with E-state index in [-0.39, 0.29) is 11.9 Å². The summed E-state index contributed by atoms with van der Waals surface area (Å²) in [4.78, 5) is 19.3. The van der Waals surface area contributed by atoms with E-state index in [1.807, 2.05) is 48.4 Å². The Labute approximate surface area is 146 Å². The maximum Gasteiger partial charge on any atom is 0.290 e. The molecule has 0 bridgehead atoms. The quantitative estimate of drug-likeness (QED) is 0.733. The lowest BCUT2D eigenvalue weighted by Gasteiger charge is -2.33. The summed E-state index contributed by atoms with van der Waals surface area (Å²) in [6.45, 7) is 4.06. The van der Waals surface area contributed by atoms with Crippen molar-refractivity contribution in [2.24, 2.45) is 0 Å². The lowest BCUT2D eigenvalue weighted by Crippen LogP contribution is -2.41. The molecule has 6 nitrogen and oxygen atoms in total. The van der Waals surface area contributed by atoms with Crippen LogP contribution in [0.5, 0.6) is 0 Å². The fraction of sp³-hybridized carbons (Fsp3) is 0.368. The minimum Gasteiger partial charge on any atom is -0.451 e. The number of hydrogen-bond acceptors (Lipinski definition) is 4. The second kappa shape index (κ2) is 6.37. The van der Waals surface area contributed by atoms with Crippen LogP contribution < -0.4 is 0 Å². The number of methoxy groups -OCH3 is 1. The highest BCUT2D eigenvalue weighted by Gasteiger charge is 2.32. The number of carbonyl (C=O) groups excluding carboxylic acids is 1. The van der Waals surface area contributed by atoms with Crippen molar-refractivity contribution in [2.45, 2.75) is 25.9 Å². The molecule has 0 aliphatic carbocycles. The van der Waals surface area contributed by atoms with E-state index in [1.54, 1.807) is 7.11 Å². The Morgan fingerprint density at radius 3 is 3.00 bits per heavy atom. The molecule has 0 saturated heterocycles. The number of aromatic nitrogens is 2. The van der Waals surface area contributed by atoms with Crippen molar-refractivity contribution in [1.82, 2.24) is 14.5 Å². The zero-order valence-electron chi connectivity index (χ0n) is 14.4. The van der Waals surface area contributed by atoms with Crippen molar-refractivity contribution in [1.29, 1.82) is 0 Å². The van der Waals surface area contributed by atoms with Crippen LogP contribution in [-0.4, -0.2) is 40.6 Å². The predicted octanol–water partition coefficient (Wildman–Crippen LogP) is 3.04. The molecule has 0 N–H and O–H groups in total. The minimum atomic E-state index is -0.0919. The summed E-state index contributed by atoms with van der Waals surface area (Å²) in [6, 6.07) is 9.39.